The SMILES string of the molecule is CC(=O)NC(Cc1ccc(C)cc1)C(=O)NC1CCN(C(=O)C2CC2)CC1. The number of carbonyl (C=O) groups is 3. The molecule has 1 saturated heterocycles. The summed E-state index contributed by atoms with van der Waals surface area (Å²) in [5.41, 5.74) is 2.17. The Morgan fingerprint density at radius 2 is 1.70 bits per heavy atom. The fourth-order valence-corrected chi connectivity index (χ4v) is 3.55. The number of carbonyl (C=O) groups excluding carboxylic acids is 3. The highest BCUT2D eigenvalue weighted by molar-refractivity contribution is 5.87. The number of piperidine rings is 1. The van der Waals surface area contributed by atoms with Gasteiger partial charge in [-0.3, -0.25) is 14.4 Å². The molecule has 27 heavy (non-hydrogen) atoms. The molecule has 0 radical (unpaired) electrons. The van der Waals surface area contributed by atoms with Crippen molar-refractivity contribution in [1.29, 1.82) is 0 Å². The molecule has 0 bridgehead atoms. The van der Waals surface area contributed by atoms with Gasteiger partial charge in [-0.1, -0.05) is 29.8 Å². The summed E-state index contributed by atoms with van der Waals surface area (Å²) in [5.74, 6) is 0.148. The van der Waals surface area contributed by atoms with Crippen LogP contribution in [0.4, 0.5) is 0 Å². The summed E-state index contributed by atoms with van der Waals surface area (Å²) < 4.78 is 0. The third kappa shape index (κ3) is 5.55. The number of nitrogens with one attached hydrogen (secondary N) is 2. The Balaban J connectivity index is 1.53. The van der Waals surface area contributed by atoms with Gasteiger partial charge in [0.25, 0.3) is 0 Å². The second kappa shape index (κ2) is 8.55. The van der Waals surface area contributed by atoms with E-state index in [1.54, 1.807) is 0 Å². The lowest BCUT2D eigenvalue weighted by Crippen LogP contribution is -2.53. The van der Waals surface area contributed by atoms with Crippen LogP contribution >= 0.6 is 0 Å². The molecule has 1 atom stereocenters. The number of benzene rings is 1. The molecular weight excluding hydrogens is 342 g/mol. The third-order valence-electron chi connectivity index (χ3n) is 5.33. The normalized spacial score (nSPS) is 18.7. The standard InChI is InChI=1S/C21H29N3O3/c1-14-3-5-16(6-4-14)13-19(22-15(2)25)20(26)23-18-9-11-24(12-10-18)21(27)17-7-8-17/h3-6,17-19H,7-13H2,1-2H3,(H,22,25)(H,23,26). The predicted octanol–water partition coefficient (Wildman–Crippen LogP) is 1.56. The van der Waals surface area contributed by atoms with E-state index in [4.69, 9.17) is 0 Å². The molecule has 1 unspecified atom stereocenters. The highest BCUT2D eigenvalue weighted by Crippen LogP contribution is 2.31. The lowest BCUT2D eigenvalue weighted by molar-refractivity contribution is -0.134. The minimum atomic E-state index is -0.587. The van der Waals surface area contributed by atoms with Gasteiger partial charge in [-0.2, -0.15) is 0 Å². The molecule has 1 heterocycles. The van der Waals surface area contributed by atoms with E-state index in [2.05, 4.69) is 10.6 Å². The molecule has 1 aromatic rings. The van der Waals surface area contributed by atoms with Crippen molar-refractivity contribution in [3.8, 4) is 0 Å². The van der Waals surface area contributed by atoms with Crippen LogP contribution in [0.2, 0.25) is 0 Å². The molecule has 1 aliphatic heterocycles. The largest absolute Gasteiger partial charge is 0.351 e. The zero-order chi connectivity index (χ0) is 19.4. The van der Waals surface area contributed by atoms with Gasteiger partial charge in [0, 0.05) is 38.4 Å². The molecule has 146 valence electrons. The fourth-order valence-electron chi connectivity index (χ4n) is 3.55. The van der Waals surface area contributed by atoms with Gasteiger partial charge in [0.1, 0.15) is 6.04 Å². The van der Waals surface area contributed by atoms with E-state index in [0.29, 0.717) is 19.5 Å². The van der Waals surface area contributed by atoms with Crippen molar-refractivity contribution in [2.75, 3.05) is 13.1 Å². The van der Waals surface area contributed by atoms with Crippen molar-refractivity contribution in [3.63, 3.8) is 0 Å². The van der Waals surface area contributed by atoms with E-state index in [-0.39, 0.29) is 29.7 Å². The van der Waals surface area contributed by atoms with E-state index in [9.17, 15) is 14.4 Å². The monoisotopic (exact) mass is 371 g/mol. The average molecular weight is 371 g/mol. The molecule has 2 fully saturated rings. The highest BCUT2D eigenvalue weighted by atomic mass is 16.2. The summed E-state index contributed by atoms with van der Waals surface area (Å²) in [6.07, 6.45) is 4.04. The first-order valence-electron chi connectivity index (χ1n) is 9.84. The summed E-state index contributed by atoms with van der Waals surface area (Å²) in [5, 5.41) is 5.84. The van der Waals surface area contributed by atoms with E-state index in [1.807, 2.05) is 36.1 Å². The molecule has 1 aromatic carbocycles. The maximum absolute atomic E-state index is 12.7. The van der Waals surface area contributed by atoms with Crippen molar-refractivity contribution in [1.82, 2.24) is 15.5 Å². The maximum atomic E-state index is 12.7. The quantitative estimate of drug-likeness (QED) is 0.797. The summed E-state index contributed by atoms with van der Waals surface area (Å²) in [4.78, 5) is 38.4. The summed E-state index contributed by atoms with van der Waals surface area (Å²) in [7, 11) is 0. The molecule has 0 aromatic heterocycles. The average Bonchev–Trinajstić information content (AvgIpc) is 3.48. The van der Waals surface area contributed by atoms with Crippen LogP contribution in [0, 0.1) is 12.8 Å². The maximum Gasteiger partial charge on any atom is 0.243 e. The van der Waals surface area contributed by atoms with Crippen LogP contribution in [0.1, 0.15) is 43.7 Å². The van der Waals surface area contributed by atoms with Gasteiger partial charge in [0.15, 0.2) is 0 Å². The van der Waals surface area contributed by atoms with E-state index in [0.717, 1.165) is 36.8 Å². The van der Waals surface area contributed by atoms with Crippen molar-refractivity contribution in [2.24, 2.45) is 5.92 Å². The minimum absolute atomic E-state index is 0.0510. The van der Waals surface area contributed by atoms with Crippen LogP contribution in [0.3, 0.4) is 0 Å². The molecule has 0 spiro atoms. The first-order valence-corrected chi connectivity index (χ1v) is 9.84. The Bertz CT molecular complexity index is 689. The Kier molecular flexibility index (Phi) is 6.14. The second-order valence-corrected chi connectivity index (χ2v) is 7.83. The van der Waals surface area contributed by atoms with Crippen molar-refractivity contribution in [3.05, 3.63) is 35.4 Å². The van der Waals surface area contributed by atoms with Gasteiger partial charge >= 0.3 is 0 Å². The van der Waals surface area contributed by atoms with Crippen LogP contribution in [0.15, 0.2) is 24.3 Å². The van der Waals surface area contributed by atoms with Gasteiger partial charge < -0.3 is 15.5 Å². The summed E-state index contributed by atoms with van der Waals surface area (Å²) in [6.45, 7) is 4.84. The van der Waals surface area contributed by atoms with Crippen LogP contribution < -0.4 is 10.6 Å². The molecule has 1 saturated carbocycles. The highest BCUT2D eigenvalue weighted by Gasteiger charge is 2.35. The number of aryl methyl sites for hydroxylation is 1. The van der Waals surface area contributed by atoms with Gasteiger partial charge in [-0.15, -0.1) is 0 Å². The molecule has 2 aliphatic rings. The van der Waals surface area contributed by atoms with Crippen LogP contribution in [0.25, 0.3) is 0 Å². The van der Waals surface area contributed by atoms with Crippen LogP contribution in [-0.4, -0.2) is 47.8 Å². The molecule has 2 N–H and O–H groups in total. The zero-order valence-electron chi connectivity index (χ0n) is 16.2. The number of likely N-dealkylation sites (tertiary alicyclic amines) is 1. The van der Waals surface area contributed by atoms with E-state index >= 15 is 0 Å². The predicted molar refractivity (Wildman–Crippen MR) is 103 cm³/mol. The Morgan fingerprint density at radius 1 is 1.07 bits per heavy atom. The molecule has 6 heteroatoms. The number of hydrogen-bond acceptors (Lipinski definition) is 3. The first-order chi connectivity index (χ1) is 12.9. The number of rotatable bonds is 6. The van der Waals surface area contributed by atoms with E-state index < -0.39 is 6.04 Å². The molecule has 1 aliphatic carbocycles. The smallest absolute Gasteiger partial charge is 0.243 e. The molecule has 3 rings (SSSR count). The summed E-state index contributed by atoms with van der Waals surface area (Å²) >= 11 is 0. The molecular formula is C21H29N3O3. The van der Waals surface area contributed by atoms with Gasteiger partial charge in [-0.25, -0.2) is 0 Å². The van der Waals surface area contributed by atoms with Crippen molar-refractivity contribution >= 4 is 17.7 Å². The Labute approximate surface area is 160 Å². The third-order valence-corrected chi connectivity index (χ3v) is 5.33. The minimum Gasteiger partial charge on any atom is -0.351 e. The lowest BCUT2D eigenvalue weighted by Gasteiger charge is -2.33. The van der Waals surface area contributed by atoms with Crippen molar-refractivity contribution in [2.45, 2.75) is 58.0 Å². The number of hydrogen-bond donors (Lipinski definition) is 2. The topological polar surface area (TPSA) is 78.5 Å². The van der Waals surface area contributed by atoms with Gasteiger partial charge in [0.2, 0.25) is 17.7 Å². The Hall–Kier alpha value is -2.37. The zero-order valence-corrected chi connectivity index (χ0v) is 16.2. The molecule has 3 amide bonds. The first kappa shape index (κ1) is 19.4. The van der Waals surface area contributed by atoms with Crippen LogP contribution in [0.5, 0.6) is 0 Å². The molecule has 6 nitrogen and oxygen atoms in total. The van der Waals surface area contributed by atoms with Gasteiger partial charge in [0.05, 0.1) is 0 Å². The Morgan fingerprint density at radius 3 is 2.26 bits per heavy atom. The second-order valence-electron chi connectivity index (χ2n) is 7.83. The summed E-state index contributed by atoms with van der Waals surface area (Å²) in [6, 6.07) is 7.44. The van der Waals surface area contributed by atoms with Gasteiger partial charge in [-0.05, 0) is 38.2 Å². The van der Waals surface area contributed by atoms with E-state index in [1.165, 1.54) is 6.92 Å². The number of nitrogens with zero attached hydrogens (tertiary/aromatic N) is 1. The fraction of sp³-hybridized carbons (Fsp3) is 0.571. The van der Waals surface area contributed by atoms with Crippen LogP contribution in [-0.2, 0) is 20.8 Å². The lowest BCUT2D eigenvalue weighted by atomic mass is 10.0. The number of amides is 3. The van der Waals surface area contributed by atoms with Crippen molar-refractivity contribution < 1.29 is 14.4 Å².